The molecule has 0 atom stereocenters. The molecule has 23 heavy (non-hydrogen) atoms. The fraction of sp³-hybridized carbons (Fsp3) is 0.500. The standard InChI is InChI=1S/C16H22BrN5.HI/c1-12-5-7-21(8-6-12)16(18-2)19-9-14-11-22-10-13(17)3-4-15(22)20-14;/h3-4,10-12H,5-9H2,1-2H3,(H,18,19);1H. The first-order valence-electron chi connectivity index (χ1n) is 7.74. The predicted octanol–water partition coefficient (Wildman–Crippen LogP) is 3.52. The van der Waals surface area contributed by atoms with Crippen LogP contribution in [0.4, 0.5) is 0 Å². The molecule has 2 aromatic rings. The first kappa shape index (κ1) is 18.5. The van der Waals surface area contributed by atoms with Crippen LogP contribution in [0.1, 0.15) is 25.5 Å². The van der Waals surface area contributed by atoms with Gasteiger partial charge in [-0.2, -0.15) is 0 Å². The second kappa shape index (κ2) is 8.32. The van der Waals surface area contributed by atoms with Crippen molar-refractivity contribution >= 4 is 51.5 Å². The number of nitrogens with zero attached hydrogens (tertiary/aromatic N) is 4. The molecule has 1 aliphatic heterocycles. The number of hydrogen-bond donors (Lipinski definition) is 1. The zero-order valence-corrected chi connectivity index (χ0v) is 17.4. The number of hydrogen-bond acceptors (Lipinski definition) is 2. The molecule has 1 N–H and O–H groups in total. The number of aromatic nitrogens is 2. The van der Waals surface area contributed by atoms with Gasteiger partial charge in [0.1, 0.15) is 5.65 Å². The summed E-state index contributed by atoms with van der Waals surface area (Å²) >= 11 is 3.48. The van der Waals surface area contributed by atoms with E-state index in [1.165, 1.54) is 12.8 Å². The molecule has 0 radical (unpaired) electrons. The molecule has 2 aromatic heterocycles. The molecule has 3 heterocycles. The molecule has 126 valence electrons. The number of aliphatic imine (C=N–C) groups is 1. The van der Waals surface area contributed by atoms with Crippen LogP contribution < -0.4 is 5.32 Å². The van der Waals surface area contributed by atoms with Gasteiger partial charge >= 0.3 is 0 Å². The number of imidazole rings is 1. The summed E-state index contributed by atoms with van der Waals surface area (Å²) in [5.41, 5.74) is 1.98. The van der Waals surface area contributed by atoms with Crippen molar-refractivity contribution in [1.82, 2.24) is 19.6 Å². The highest BCUT2D eigenvalue weighted by Gasteiger charge is 2.18. The van der Waals surface area contributed by atoms with Crippen molar-refractivity contribution in [2.45, 2.75) is 26.3 Å². The van der Waals surface area contributed by atoms with E-state index in [0.29, 0.717) is 6.54 Å². The van der Waals surface area contributed by atoms with E-state index in [0.717, 1.165) is 40.8 Å². The molecule has 0 spiro atoms. The van der Waals surface area contributed by atoms with Crippen LogP contribution >= 0.6 is 39.9 Å². The minimum atomic E-state index is 0. The van der Waals surface area contributed by atoms with Gasteiger partial charge in [0.15, 0.2) is 5.96 Å². The Morgan fingerprint density at radius 2 is 2.09 bits per heavy atom. The Labute approximate surface area is 162 Å². The van der Waals surface area contributed by atoms with Gasteiger partial charge in [0.25, 0.3) is 0 Å². The monoisotopic (exact) mass is 491 g/mol. The number of nitrogens with one attached hydrogen (secondary N) is 1. The molecule has 1 saturated heterocycles. The van der Waals surface area contributed by atoms with Crippen LogP contribution in [0.5, 0.6) is 0 Å². The van der Waals surface area contributed by atoms with E-state index in [1.54, 1.807) is 0 Å². The maximum absolute atomic E-state index is 4.62. The van der Waals surface area contributed by atoms with Crippen LogP contribution in [-0.4, -0.2) is 40.4 Å². The molecule has 3 rings (SSSR count). The summed E-state index contributed by atoms with van der Waals surface area (Å²) in [5, 5.41) is 3.43. The average Bonchev–Trinajstić information content (AvgIpc) is 2.91. The lowest BCUT2D eigenvalue weighted by molar-refractivity contribution is 0.273. The third-order valence-corrected chi connectivity index (χ3v) is 4.66. The van der Waals surface area contributed by atoms with Gasteiger partial charge < -0.3 is 14.6 Å². The molecule has 5 nitrogen and oxygen atoms in total. The van der Waals surface area contributed by atoms with E-state index in [-0.39, 0.29) is 24.0 Å². The summed E-state index contributed by atoms with van der Waals surface area (Å²) in [6.45, 7) is 5.18. The number of rotatable bonds is 2. The third kappa shape index (κ3) is 4.59. The maximum Gasteiger partial charge on any atom is 0.193 e. The fourth-order valence-electron chi connectivity index (χ4n) is 2.82. The van der Waals surface area contributed by atoms with E-state index < -0.39 is 0 Å². The third-order valence-electron chi connectivity index (χ3n) is 4.19. The van der Waals surface area contributed by atoms with E-state index in [1.807, 2.05) is 29.8 Å². The van der Waals surface area contributed by atoms with Gasteiger partial charge in [-0.1, -0.05) is 6.92 Å². The molecule has 0 unspecified atom stereocenters. The van der Waals surface area contributed by atoms with Crippen LogP contribution in [0.25, 0.3) is 5.65 Å². The van der Waals surface area contributed by atoms with Gasteiger partial charge in [0, 0.05) is 37.0 Å². The Hall–Kier alpha value is -0.830. The Kier molecular flexibility index (Phi) is 6.70. The van der Waals surface area contributed by atoms with Gasteiger partial charge in [0.2, 0.25) is 0 Å². The van der Waals surface area contributed by atoms with Crippen LogP contribution in [0.2, 0.25) is 0 Å². The zero-order chi connectivity index (χ0) is 15.5. The maximum atomic E-state index is 4.62. The number of pyridine rings is 1. The molecule has 0 saturated carbocycles. The molecule has 0 amide bonds. The first-order chi connectivity index (χ1) is 10.7. The topological polar surface area (TPSA) is 44.9 Å². The SMILES string of the molecule is CN=C(NCc1cn2cc(Br)ccc2n1)N1CCC(C)CC1.I. The minimum Gasteiger partial charge on any atom is -0.351 e. The van der Waals surface area contributed by atoms with Gasteiger partial charge in [-0.05, 0) is 46.8 Å². The Bertz CT molecular complexity index is 676. The van der Waals surface area contributed by atoms with Gasteiger partial charge in [-0.15, -0.1) is 24.0 Å². The van der Waals surface area contributed by atoms with Crippen LogP contribution in [-0.2, 0) is 6.54 Å². The van der Waals surface area contributed by atoms with Gasteiger partial charge in [-0.3, -0.25) is 4.99 Å². The van der Waals surface area contributed by atoms with Crippen molar-refractivity contribution in [3.8, 4) is 0 Å². The summed E-state index contributed by atoms with van der Waals surface area (Å²) in [7, 11) is 1.85. The van der Waals surface area contributed by atoms with Crippen molar-refractivity contribution in [1.29, 1.82) is 0 Å². The number of likely N-dealkylation sites (tertiary alicyclic amines) is 1. The van der Waals surface area contributed by atoms with Gasteiger partial charge in [-0.25, -0.2) is 4.98 Å². The number of halogens is 2. The quantitative estimate of drug-likeness (QED) is 0.397. The average molecular weight is 492 g/mol. The molecule has 0 aromatic carbocycles. The highest BCUT2D eigenvalue weighted by Crippen LogP contribution is 2.16. The molecule has 1 fully saturated rings. The van der Waals surface area contributed by atoms with E-state index in [9.17, 15) is 0 Å². The second-order valence-electron chi connectivity index (χ2n) is 5.92. The van der Waals surface area contributed by atoms with E-state index >= 15 is 0 Å². The Balaban J connectivity index is 0.00000192. The Morgan fingerprint density at radius 1 is 1.35 bits per heavy atom. The summed E-state index contributed by atoms with van der Waals surface area (Å²) in [6.07, 6.45) is 6.55. The molecular formula is C16H23BrIN5. The lowest BCUT2D eigenvalue weighted by Gasteiger charge is -2.32. The molecular weight excluding hydrogens is 469 g/mol. The van der Waals surface area contributed by atoms with E-state index in [4.69, 9.17) is 0 Å². The van der Waals surface area contributed by atoms with Gasteiger partial charge in [0.05, 0.1) is 12.2 Å². The lowest BCUT2D eigenvalue weighted by Crippen LogP contribution is -2.45. The lowest BCUT2D eigenvalue weighted by atomic mass is 10.00. The highest BCUT2D eigenvalue weighted by atomic mass is 127. The highest BCUT2D eigenvalue weighted by molar-refractivity contribution is 14.0. The fourth-order valence-corrected chi connectivity index (χ4v) is 3.18. The molecule has 7 heteroatoms. The summed E-state index contributed by atoms with van der Waals surface area (Å²) < 4.78 is 3.09. The van der Waals surface area contributed by atoms with Crippen molar-refractivity contribution in [2.24, 2.45) is 10.9 Å². The molecule has 0 bridgehead atoms. The number of guanidine groups is 1. The number of fused-ring (bicyclic) bond motifs is 1. The second-order valence-corrected chi connectivity index (χ2v) is 6.83. The van der Waals surface area contributed by atoms with Crippen molar-refractivity contribution in [3.63, 3.8) is 0 Å². The molecule has 1 aliphatic rings. The molecule has 0 aliphatic carbocycles. The van der Waals surface area contributed by atoms with Crippen LogP contribution in [0.15, 0.2) is 34.0 Å². The zero-order valence-electron chi connectivity index (χ0n) is 13.5. The van der Waals surface area contributed by atoms with Crippen LogP contribution in [0, 0.1) is 5.92 Å². The largest absolute Gasteiger partial charge is 0.351 e. The summed E-state index contributed by atoms with van der Waals surface area (Å²) in [4.78, 5) is 11.4. The summed E-state index contributed by atoms with van der Waals surface area (Å²) in [5.74, 6) is 1.80. The van der Waals surface area contributed by atoms with Crippen molar-refractivity contribution in [2.75, 3.05) is 20.1 Å². The first-order valence-corrected chi connectivity index (χ1v) is 8.54. The minimum absolute atomic E-state index is 0. The predicted molar refractivity (Wildman–Crippen MR) is 108 cm³/mol. The number of piperidine rings is 1. The van der Waals surface area contributed by atoms with Crippen molar-refractivity contribution in [3.05, 3.63) is 34.7 Å². The smallest absolute Gasteiger partial charge is 0.193 e. The Morgan fingerprint density at radius 3 is 2.78 bits per heavy atom. The van der Waals surface area contributed by atoms with Crippen LogP contribution in [0.3, 0.4) is 0 Å². The van der Waals surface area contributed by atoms with E-state index in [2.05, 4.69) is 49.2 Å². The normalized spacial score (nSPS) is 16.5. The van der Waals surface area contributed by atoms with Crippen molar-refractivity contribution < 1.29 is 0 Å². The summed E-state index contributed by atoms with van der Waals surface area (Å²) in [6, 6.07) is 4.02.